The lowest BCUT2D eigenvalue weighted by atomic mass is 9.95. The Bertz CT molecular complexity index is 1120. The number of amides is 4. The van der Waals surface area contributed by atoms with Crippen LogP contribution < -0.4 is 10.2 Å². The highest BCUT2D eigenvalue weighted by atomic mass is 16.4. The van der Waals surface area contributed by atoms with Crippen LogP contribution in [0.3, 0.4) is 0 Å². The van der Waals surface area contributed by atoms with Crippen LogP contribution in [0.2, 0.25) is 0 Å². The minimum Gasteiger partial charge on any atom is -0.481 e. The number of hydrogen-bond acceptors (Lipinski definition) is 5. The zero-order valence-corrected chi connectivity index (χ0v) is 17.4. The average Bonchev–Trinajstić information content (AvgIpc) is 3.04. The van der Waals surface area contributed by atoms with Crippen molar-refractivity contribution >= 4 is 35.5 Å². The predicted octanol–water partition coefficient (Wildman–Crippen LogP) is 1.63. The Hall–Kier alpha value is -4.21. The molecule has 2 heterocycles. The monoisotopic (exact) mass is 451 g/mol. The van der Waals surface area contributed by atoms with Crippen molar-refractivity contribution in [2.75, 3.05) is 4.90 Å². The molecule has 4 rings (SSSR count). The fourth-order valence-corrected chi connectivity index (χ4v) is 4.11. The highest BCUT2D eigenvalue weighted by molar-refractivity contribution is 6.21. The van der Waals surface area contributed by atoms with Gasteiger partial charge in [-0.15, -0.1) is 0 Å². The number of imide groups is 1. The third kappa shape index (κ3) is 4.27. The molecule has 0 spiro atoms. The Morgan fingerprint density at radius 3 is 2.45 bits per heavy atom. The van der Waals surface area contributed by atoms with Crippen LogP contribution in [0.25, 0.3) is 0 Å². The summed E-state index contributed by atoms with van der Waals surface area (Å²) >= 11 is 0. The molecule has 10 heteroatoms. The standard InChI is InChI=1S/C23H21N3O7/c27-19(28)9-8-17(22(31)32)24-20(29)14-6-3-7-16(10-14)26-21(30)18-11-13-4-1-2-5-15(13)12-25(18)23(26)33/h1-7,10,17-18H,8-9,11-12H2,(H,24,29)(H,27,28)(H,31,32)/t17-,18+/m1/s1. The van der Waals surface area contributed by atoms with Crippen LogP contribution in [-0.4, -0.2) is 57.0 Å². The number of carboxylic acids is 2. The van der Waals surface area contributed by atoms with Gasteiger partial charge in [-0.1, -0.05) is 30.3 Å². The van der Waals surface area contributed by atoms with E-state index in [-0.39, 0.29) is 17.7 Å². The van der Waals surface area contributed by atoms with Crippen molar-refractivity contribution in [2.45, 2.75) is 37.9 Å². The summed E-state index contributed by atoms with van der Waals surface area (Å²) in [7, 11) is 0. The van der Waals surface area contributed by atoms with Gasteiger partial charge in [-0.05, 0) is 35.7 Å². The maximum atomic E-state index is 13.1. The van der Waals surface area contributed by atoms with E-state index in [0.29, 0.717) is 13.0 Å². The largest absolute Gasteiger partial charge is 0.481 e. The molecule has 0 bridgehead atoms. The molecule has 0 aliphatic carbocycles. The summed E-state index contributed by atoms with van der Waals surface area (Å²) in [5, 5.41) is 20.3. The van der Waals surface area contributed by atoms with Gasteiger partial charge in [0.2, 0.25) is 0 Å². The molecule has 3 N–H and O–H groups in total. The highest BCUT2D eigenvalue weighted by Crippen LogP contribution is 2.33. The Morgan fingerprint density at radius 2 is 1.76 bits per heavy atom. The van der Waals surface area contributed by atoms with Crippen LogP contribution in [-0.2, 0) is 27.3 Å². The fourth-order valence-electron chi connectivity index (χ4n) is 4.11. The number of anilines is 1. The average molecular weight is 451 g/mol. The Morgan fingerprint density at radius 1 is 1.03 bits per heavy atom. The first-order chi connectivity index (χ1) is 15.8. The lowest BCUT2D eigenvalue weighted by molar-refractivity contribution is -0.140. The summed E-state index contributed by atoms with van der Waals surface area (Å²) in [4.78, 5) is 63.4. The van der Waals surface area contributed by atoms with Crippen molar-refractivity contribution in [3.63, 3.8) is 0 Å². The van der Waals surface area contributed by atoms with Gasteiger partial charge >= 0.3 is 18.0 Å². The number of aliphatic carboxylic acids is 2. The van der Waals surface area contributed by atoms with Gasteiger partial charge in [0.15, 0.2) is 0 Å². The lowest BCUT2D eigenvalue weighted by Crippen LogP contribution is -2.41. The molecule has 170 valence electrons. The van der Waals surface area contributed by atoms with E-state index in [4.69, 9.17) is 5.11 Å². The Labute approximate surface area is 188 Å². The van der Waals surface area contributed by atoms with Gasteiger partial charge in [-0.25, -0.2) is 14.5 Å². The number of benzene rings is 2. The van der Waals surface area contributed by atoms with Crippen molar-refractivity contribution in [3.8, 4) is 0 Å². The van der Waals surface area contributed by atoms with Crippen molar-refractivity contribution in [1.29, 1.82) is 0 Å². The number of carboxylic acid groups (broad SMARTS) is 2. The fraction of sp³-hybridized carbons (Fsp3) is 0.261. The molecule has 0 radical (unpaired) electrons. The minimum atomic E-state index is -1.39. The quantitative estimate of drug-likeness (QED) is 0.543. The van der Waals surface area contributed by atoms with E-state index < -0.39 is 48.3 Å². The van der Waals surface area contributed by atoms with E-state index in [1.54, 1.807) is 0 Å². The second-order valence-corrected chi connectivity index (χ2v) is 7.92. The smallest absolute Gasteiger partial charge is 0.332 e. The first kappa shape index (κ1) is 22.0. The van der Waals surface area contributed by atoms with Crippen LogP contribution in [0.1, 0.15) is 34.3 Å². The van der Waals surface area contributed by atoms with Gasteiger partial charge < -0.3 is 20.4 Å². The molecule has 2 aromatic carbocycles. The third-order valence-electron chi connectivity index (χ3n) is 5.81. The van der Waals surface area contributed by atoms with E-state index in [9.17, 15) is 29.1 Å². The Balaban J connectivity index is 1.54. The summed E-state index contributed by atoms with van der Waals surface area (Å²) in [6, 6.07) is 10.9. The van der Waals surface area contributed by atoms with Crippen LogP contribution >= 0.6 is 0 Å². The molecule has 4 amide bonds. The van der Waals surface area contributed by atoms with Gasteiger partial charge in [0.25, 0.3) is 11.8 Å². The molecular formula is C23H21N3O7. The van der Waals surface area contributed by atoms with Crippen molar-refractivity contribution in [1.82, 2.24) is 10.2 Å². The highest BCUT2D eigenvalue weighted by Gasteiger charge is 2.47. The summed E-state index contributed by atoms with van der Waals surface area (Å²) in [6.45, 7) is 0.311. The van der Waals surface area contributed by atoms with Gasteiger partial charge in [0.1, 0.15) is 12.1 Å². The minimum absolute atomic E-state index is 0.0443. The van der Waals surface area contributed by atoms with E-state index in [1.807, 2.05) is 24.3 Å². The zero-order valence-electron chi connectivity index (χ0n) is 17.4. The number of urea groups is 1. The molecule has 10 nitrogen and oxygen atoms in total. The summed E-state index contributed by atoms with van der Waals surface area (Å²) in [6.07, 6.45) is -0.300. The van der Waals surface area contributed by atoms with Crippen LogP contribution in [0, 0.1) is 0 Å². The number of nitrogens with zero attached hydrogens (tertiary/aromatic N) is 2. The van der Waals surface area contributed by atoms with Gasteiger partial charge in [-0.2, -0.15) is 0 Å². The normalized spacial score (nSPS) is 17.9. The first-order valence-corrected chi connectivity index (χ1v) is 10.3. The third-order valence-corrected chi connectivity index (χ3v) is 5.81. The number of hydrogen-bond donors (Lipinski definition) is 3. The number of carbonyl (C=O) groups excluding carboxylic acids is 3. The second kappa shape index (κ2) is 8.73. The summed E-state index contributed by atoms with van der Waals surface area (Å²) < 4.78 is 0. The van der Waals surface area contributed by atoms with E-state index in [2.05, 4.69) is 5.32 Å². The van der Waals surface area contributed by atoms with E-state index in [0.717, 1.165) is 16.0 Å². The number of fused-ring (bicyclic) bond motifs is 2. The molecule has 1 saturated heterocycles. The number of nitrogens with one attached hydrogen (secondary N) is 1. The maximum absolute atomic E-state index is 13.1. The van der Waals surface area contributed by atoms with Crippen LogP contribution in [0.5, 0.6) is 0 Å². The van der Waals surface area contributed by atoms with Gasteiger partial charge in [0, 0.05) is 24.9 Å². The van der Waals surface area contributed by atoms with Crippen molar-refractivity contribution in [2.24, 2.45) is 0 Å². The summed E-state index contributed by atoms with van der Waals surface area (Å²) in [5.74, 6) is -3.68. The van der Waals surface area contributed by atoms with Crippen LogP contribution in [0.4, 0.5) is 10.5 Å². The molecular weight excluding hydrogens is 430 g/mol. The zero-order chi connectivity index (χ0) is 23.7. The van der Waals surface area contributed by atoms with Crippen molar-refractivity contribution < 1.29 is 34.2 Å². The number of rotatable bonds is 7. The molecule has 33 heavy (non-hydrogen) atoms. The molecule has 2 aliphatic heterocycles. The van der Waals surface area contributed by atoms with Crippen molar-refractivity contribution in [3.05, 3.63) is 65.2 Å². The van der Waals surface area contributed by atoms with Gasteiger partial charge in [0.05, 0.1) is 5.69 Å². The lowest BCUT2D eigenvalue weighted by Gasteiger charge is -2.28. The molecule has 2 aromatic rings. The molecule has 1 fully saturated rings. The predicted molar refractivity (Wildman–Crippen MR) is 115 cm³/mol. The molecule has 0 saturated carbocycles. The first-order valence-electron chi connectivity index (χ1n) is 10.3. The molecule has 0 aromatic heterocycles. The van der Waals surface area contributed by atoms with E-state index >= 15 is 0 Å². The molecule has 0 unspecified atom stereocenters. The molecule has 2 atom stereocenters. The van der Waals surface area contributed by atoms with E-state index in [1.165, 1.54) is 29.2 Å². The molecule has 2 aliphatic rings. The summed E-state index contributed by atoms with van der Waals surface area (Å²) in [5.41, 5.74) is 2.23. The van der Waals surface area contributed by atoms with Gasteiger partial charge in [-0.3, -0.25) is 14.4 Å². The SMILES string of the molecule is O=C(O)CC[C@@H](NC(=O)c1cccc(N2C(=O)[C@@H]3Cc4ccccc4CN3C2=O)c1)C(=O)O. The topological polar surface area (TPSA) is 144 Å². The maximum Gasteiger partial charge on any atom is 0.332 e. The van der Waals surface area contributed by atoms with Crippen LogP contribution in [0.15, 0.2) is 48.5 Å². The Kier molecular flexibility index (Phi) is 5.82. The number of carbonyl (C=O) groups is 5. The second-order valence-electron chi connectivity index (χ2n) is 7.92.